The Morgan fingerprint density at radius 1 is 0.900 bits per heavy atom. The Kier molecular flexibility index (Phi) is 5.65. The molecule has 1 nitrogen and oxygen atoms in total. The summed E-state index contributed by atoms with van der Waals surface area (Å²) in [6, 6.07) is 11.4. The highest BCUT2D eigenvalue weighted by Crippen LogP contribution is 2.37. The lowest BCUT2D eigenvalue weighted by Crippen LogP contribution is -2.11. The average Bonchev–Trinajstić information content (AvgIpc) is 2.35. The molecule has 106 valence electrons. The second kappa shape index (κ2) is 7.06. The smallest absolute Gasteiger partial charge is 0.0560 e. The van der Waals surface area contributed by atoms with E-state index in [1.165, 1.54) is 5.56 Å². The molecule has 0 aliphatic heterocycles. The molecular weight excluding hydrogens is 333 g/mol. The fourth-order valence-corrected chi connectivity index (χ4v) is 3.51. The number of halogens is 3. The summed E-state index contributed by atoms with van der Waals surface area (Å²) >= 11 is 19.9. The minimum Gasteiger partial charge on any atom is -0.305 e. The van der Waals surface area contributed by atoms with Crippen molar-refractivity contribution in [3.05, 3.63) is 57.0 Å². The Bertz CT molecular complexity index is 614. The molecule has 0 aromatic heterocycles. The van der Waals surface area contributed by atoms with Crippen molar-refractivity contribution >= 4 is 46.6 Å². The van der Waals surface area contributed by atoms with Gasteiger partial charge < -0.3 is 4.90 Å². The van der Waals surface area contributed by atoms with Crippen LogP contribution in [0.2, 0.25) is 15.1 Å². The Labute approximate surface area is 138 Å². The Hall–Kier alpha value is -0.380. The van der Waals surface area contributed by atoms with Gasteiger partial charge in [0.15, 0.2) is 0 Å². The van der Waals surface area contributed by atoms with Crippen LogP contribution in [0, 0.1) is 0 Å². The summed E-state index contributed by atoms with van der Waals surface area (Å²) in [4.78, 5) is 4.20. The highest BCUT2D eigenvalue weighted by molar-refractivity contribution is 7.99. The molecule has 0 atom stereocenters. The van der Waals surface area contributed by atoms with Gasteiger partial charge in [-0.3, -0.25) is 0 Å². The van der Waals surface area contributed by atoms with Gasteiger partial charge in [-0.1, -0.05) is 52.6 Å². The van der Waals surface area contributed by atoms with Crippen molar-refractivity contribution in [3.8, 4) is 0 Å². The second-order valence-corrected chi connectivity index (χ2v) is 7.03. The first kappa shape index (κ1) is 16.0. The molecule has 0 heterocycles. The predicted molar refractivity (Wildman–Crippen MR) is 89.4 cm³/mol. The van der Waals surface area contributed by atoms with Crippen molar-refractivity contribution < 1.29 is 0 Å². The summed E-state index contributed by atoms with van der Waals surface area (Å²) in [5.41, 5.74) is 1.22. The third-order valence-electron chi connectivity index (χ3n) is 2.63. The van der Waals surface area contributed by atoms with Gasteiger partial charge >= 0.3 is 0 Å². The summed E-state index contributed by atoms with van der Waals surface area (Å²) in [7, 11) is 4.08. The number of benzene rings is 2. The minimum absolute atomic E-state index is 0.638. The fraction of sp³-hybridized carbons (Fsp3) is 0.200. The first-order chi connectivity index (χ1) is 9.45. The van der Waals surface area contributed by atoms with Crippen molar-refractivity contribution in [3.63, 3.8) is 0 Å². The van der Waals surface area contributed by atoms with E-state index in [1.807, 2.05) is 38.4 Å². The van der Waals surface area contributed by atoms with Gasteiger partial charge in [0.05, 0.1) is 5.02 Å². The molecule has 2 aromatic rings. The van der Waals surface area contributed by atoms with Crippen molar-refractivity contribution in [2.45, 2.75) is 16.3 Å². The van der Waals surface area contributed by atoms with Crippen LogP contribution >= 0.6 is 46.6 Å². The highest BCUT2D eigenvalue weighted by atomic mass is 35.5. The third kappa shape index (κ3) is 4.31. The number of nitrogens with zero attached hydrogens (tertiary/aromatic N) is 1. The maximum absolute atomic E-state index is 6.23. The van der Waals surface area contributed by atoms with Crippen molar-refractivity contribution in [1.82, 2.24) is 4.90 Å². The first-order valence-corrected chi connectivity index (χ1v) is 7.97. The van der Waals surface area contributed by atoms with E-state index < -0.39 is 0 Å². The maximum atomic E-state index is 6.23. The first-order valence-electron chi connectivity index (χ1n) is 6.02. The lowest BCUT2D eigenvalue weighted by Gasteiger charge is -2.14. The molecule has 2 rings (SSSR count). The Morgan fingerprint density at radius 3 is 2.20 bits per heavy atom. The molecule has 2 aromatic carbocycles. The zero-order chi connectivity index (χ0) is 14.7. The van der Waals surface area contributed by atoms with Crippen molar-refractivity contribution in [2.24, 2.45) is 0 Å². The van der Waals surface area contributed by atoms with E-state index in [9.17, 15) is 0 Å². The molecule has 0 saturated heterocycles. The molecule has 0 bridgehead atoms. The molecule has 0 spiro atoms. The van der Waals surface area contributed by atoms with Crippen LogP contribution in [0.4, 0.5) is 0 Å². The Balaban J connectivity index is 2.34. The van der Waals surface area contributed by atoms with E-state index in [0.717, 1.165) is 21.4 Å². The van der Waals surface area contributed by atoms with Crippen molar-refractivity contribution in [1.29, 1.82) is 0 Å². The van der Waals surface area contributed by atoms with E-state index in [-0.39, 0.29) is 0 Å². The third-order valence-corrected chi connectivity index (χ3v) is 4.70. The lowest BCUT2D eigenvalue weighted by atomic mass is 10.2. The molecular formula is C15H14Cl3NS. The molecule has 5 heteroatoms. The SMILES string of the molecule is CN(C)Cc1ccc(Cl)cc1Sc1ccc(Cl)cc1Cl. The molecule has 0 radical (unpaired) electrons. The van der Waals surface area contributed by atoms with Crippen LogP contribution in [0.5, 0.6) is 0 Å². The monoisotopic (exact) mass is 345 g/mol. The topological polar surface area (TPSA) is 3.24 Å². The van der Waals surface area contributed by atoms with Gasteiger partial charge in [-0.15, -0.1) is 0 Å². The van der Waals surface area contributed by atoms with Crippen LogP contribution in [0.25, 0.3) is 0 Å². The lowest BCUT2D eigenvalue weighted by molar-refractivity contribution is 0.399. The molecule has 0 unspecified atom stereocenters. The second-order valence-electron chi connectivity index (χ2n) is 4.67. The van der Waals surface area contributed by atoms with E-state index in [2.05, 4.69) is 11.0 Å². The molecule has 0 aliphatic carbocycles. The average molecular weight is 347 g/mol. The fourth-order valence-electron chi connectivity index (χ4n) is 1.77. The van der Waals surface area contributed by atoms with Gasteiger partial charge in [0.1, 0.15) is 0 Å². The van der Waals surface area contributed by atoms with Crippen LogP contribution in [0.1, 0.15) is 5.56 Å². The standard InChI is InChI=1S/C15H14Cl3NS/c1-19(2)9-10-3-4-12(17)8-15(10)20-14-6-5-11(16)7-13(14)18/h3-8H,9H2,1-2H3. The predicted octanol–water partition coefficient (Wildman–Crippen LogP) is 5.86. The van der Waals surface area contributed by atoms with Crippen LogP contribution < -0.4 is 0 Å². The van der Waals surface area contributed by atoms with Crippen LogP contribution in [-0.4, -0.2) is 19.0 Å². The molecule has 0 N–H and O–H groups in total. The highest BCUT2D eigenvalue weighted by Gasteiger charge is 2.09. The van der Waals surface area contributed by atoms with Gasteiger partial charge in [-0.25, -0.2) is 0 Å². The summed E-state index contributed by atoms with van der Waals surface area (Å²) in [5, 5.41) is 2.01. The summed E-state index contributed by atoms with van der Waals surface area (Å²) in [5.74, 6) is 0. The van der Waals surface area contributed by atoms with Gasteiger partial charge in [-0.2, -0.15) is 0 Å². The minimum atomic E-state index is 0.638. The van der Waals surface area contributed by atoms with Crippen LogP contribution in [0.15, 0.2) is 46.2 Å². The number of hydrogen-bond acceptors (Lipinski definition) is 2. The van der Waals surface area contributed by atoms with Crippen molar-refractivity contribution in [2.75, 3.05) is 14.1 Å². The van der Waals surface area contributed by atoms with E-state index in [4.69, 9.17) is 34.8 Å². The summed E-state index contributed by atoms with van der Waals surface area (Å²) in [6.45, 7) is 0.852. The summed E-state index contributed by atoms with van der Waals surface area (Å²) in [6.07, 6.45) is 0. The molecule has 20 heavy (non-hydrogen) atoms. The Morgan fingerprint density at radius 2 is 1.55 bits per heavy atom. The quantitative estimate of drug-likeness (QED) is 0.682. The van der Waals surface area contributed by atoms with Gasteiger partial charge in [0, 0.05) is 26.4 Å². The number of hydrogen-bond donors (Lipinski definition) is 0. The van der Waals surface area contributed by atoms with Crippen LogP contribution in [0.3, 0.4) is 0 Å². The maximum Gasteiger partial charge on any atom is 0.0560 e. The zero-order valence-electron chi connectivity index (χ0n) is 11.2. The van der Waals surface area contributed by atoms with Gasteiger partial charge in [0.2, 0.25) is 0 Å². The van der Waals surface area contributed by atoms with Gasteiger partial charge in [-0.05, 0) is 50.0 Å². The summed E-state index contributed by atoms with van der Waals surface area (Å²) < 4.78 is 0. The molecule has 0 fully saturated rings. The zero-order valence-corrected chi connectivity index (χ0v) is 14.2. The normalized spacial score (nSPS) is 11.1. The molecule has 0 aliphatic rings. The van der Waals surface area contributed by atoms with E-state index >= 15 is 0 Å². The molecule has 0 amide bonds. The van der Waals surface area contributed by atoms with E-state index in [1.54, 1.807) is 17.8 Å². The van der Waals surface area contributed by atoms with Gasteiger partial charge in [0.25, 0.3) is 0 Å². The molecule has 0 saturated carbocycles. The van der Waals surface area contributed by atoms with E-state index in [0.29, 0.717) is 10.0 Å². The largest absolute Gasteiger partial charge is 0.305 e. The number of rotatable bonds is 4. The van der Waals surface area contributed by atoms with Crippen LogP contribution in [-0.2, 0) is 6.54 Å².